The van der Waals surface area contributed by atoms with Gasteiger partial charge in [0.05, 0.1) is 10.7 Å². The van der Waals surface area contributed by atoms with Crippen molar-refractivity contribution >= 4 is 45.2 Å². The van der Waals surface area contributed by atoms with Crippen LogP contribution in [0.2, 0.25) is 5.02 Å². The lowest BCUT2D eigenvalue weighted by molar-refractivity contribution is 0.0957. The average Bonchev–Trinajstić information content (AvgIpc) is 2.98. The average molecular weight is 424 g/mol. The molecule has 0 bridgehead atoms. The molecule has 0 aliphatic carbocycles. The molecule has 0 saturated heterocycles. The molecule has 0 aliphatic heterocycles. The molecule has 24 heavy (non-hydrogen) atoms. The van der Waals surface area contributed by atoms with Crippen LogP contribution in [0.5, 0.6) is 0 Å². The van der Waals surface area contributed by atoms with E-state index in [-0.39, 0.29) is 5.91 Å². The van der Waals surface area contributed by atoms with Crippen molar-refractivity contribution in [1.29, 1.82) is 0 Å². The molecular weight excluding hydrogens is 412 g/mol. The number of rotatable bonds is 4. The number of hydrogen-bond acceptors (Lipinski definition) is 4. The van der Waals surface area contributed by atoms with Crippen molar-refractivity contribution in [2.45, 2.75) is 10.1 Å². The third-order valence-electron chi connectivity index (χ3n) is 3.12. The summed E-state index contributed by atoms with van der Waals surface area (Å²) in [4.78, 5) is 16.4. The predicted octanol–water partition coefficient (Wildman–Crippen LogP) is 4.19. The van der Waals surface area contributed by atoms with Crippen LogP contribution in [-0.2, 0) is 0 Å². The van der Waals surface area contributed by atoms with Crippen LogP contribution in [0.3, 0.4) is 0 Å². The third-order valence-corrected chi connectivity index (χ3v) is 4.81. The van der Waals surface area contributed by atoms with Gasteiger partial charge in [0.1, 0.15) is 14.7 Å². The zero-order valence-corrected chi connectivity index (χ0v) is 15.7. The van der Waals surface area contributed by atoms with E-state index in [9.17, 15) is 4.79 Å². The lowest BCUT2D eigenvalue weighted by Crippen LogP contribution is -2.18. The highest BCUT2D eigenvalue weighted by Gasteiger charge is 2.17. The number of pyridine rings is 1. The summed E-state index contributed by atoms with van der Waals surface area (Å²) in [5.74, 6) is -0.259. The number of hydrogen-bond donors (Lipinski definition) is 1. The predicted molar refractivity (Wildman–Crippen MR) is 98.0 cm³/mol. The molecule has 0 atom stereocenters. The van der Waals surface area contributed by atoms with Gasteiger partial charge in [-0.25, -0.2) is 9.67 Å². The second-order valence-corrected chi connectivity index (χ2v) is 6.97. The summed E-state index contributed by atoms with van der Waals surface area (Å²) in [6, 6.07) is 14.7. The molecule has 0 radical (unpaired) electrons. The van der Waals surface area contributed by atoms with Gasteiger partial charge >= 0.3 is 0 Å². The van der Waals surface area contributed by atoms with Gasteiger partial charge in [-0.15, -0.1) is 0 Å². The summed E-state index contributed by atoms with van der Waals surface area (Å²) in [5, 5.41) is 9.04. The van der Waals surface area contributed by atoms with E-state index in [1.54, 1.807) is 23.9 Å². The van der Waals surface area contributed by atoms with Gasteiger partial charge in [-0.1, -0.05) is 29.8 Å². The topological polar surface area (TPSA) is 59.8 Å². The van der Waals surface area contributed by atoms with Crippen molar-refractivity contribution in [3.05, 3.63) is 63.9 Å². The van der Waals surface area contributed by atoms with Crippen LogP contribution in [0.15, 0.2) is 63.2 Å². The van der Waals surface area contributed by atoms with Crippen molar-refractivity contribution in [2.24, 2.45) is 0 Å². The van der Waals surface area contributed by atoms with Gasteiger partial charge < -0.3 is 5.32 Å². The summed E-state index contributed by atoms with van der Waals surface area (Å²) in [7, 11) is 1.57. The van der Waals surface area contributed by atoms with Crippen molar-refractivity contribution in [2.75, 3.05) is 7.05 Å². The van der Waals surface area contributed by atoms with Crippen LogP contribution in [0, 0.1) is 0 Å². The van der Waals surface area contributed by atoms with Crippen molar-refractivity contribution in [1.82, 2.24) is 20.1 Å². The molecule has 2 heterocycles. The molecule has 0 spiro atoms. The maximum Gasteiger partial charge on any atom is 0.271 e. The number of nitrogens with zero attached hydrogens (tertiary/aromatic N) is 3. The Morgan fingerprint density at radius 2 is 2.04 bits per heavy atom. The molecular formula is C16H12BrClN4OS. The zero-order chi connectivity index (χ0) is 17.1. The highest BCUT2D eigenvalue weighted by molar-refractivity contribution is 9.10. The molecule has 0 saturated carbocycles. The van der Waals surface area contributed by atoms with Gasteiger partial charge in [0.15, 0.2) is 5.69 Å². The standard InChI is InChI=1S/C16H12BrClN4OS/c1-19-16(23)11-9-15(24-14-8-4-7-13(17)20-14)22(21-11)12-6-3-2-5-10(12)18/h2-9H,1H3,(H,19,23). The van der Waals surface area contributed by atoms with Crippen molar-refractivity contribution in [3.8, 4) is 5.69 Å². The Balaban J connectivity index is 2.08. The Morgan fingerprint density at radius 3 is 2.75 bits per heavy atom. The molecule has 0 unspecified atom stereocenters. The first kappa shape index (κ1) is 17.0. The first-order valence-electron chi connectivity index (χ1n) is 6.96. The Hall–Kier alpha value is -1.83. The summed E-state index contributed by atoms with van der Waals surface area (Å²) in [5.41, 5.74) is 1.02. The van der Waals surface area contributed by atoms with E-state index in [4.69, 9.17) is 11.6 Å². The Morgan fingerprint density at radius 1 is 1.25 bits per heavy atom. The number of carbonyl (C=O) groups excluding carboxylic acids is 1. The minimum atomic E-state index is -0.259. The number of para-hydroxylation sites is 1. The highest BCUT2D eigenvalue weighted by atomic mass is 79.9. The highest BCUT2D eigenvalue weighted by Crippen LogP contribution is 2.31. The van der Waals surface area contributed by atoms with E-state index in [0.29, 0.717) is 16.4 Å². The van der Waals surface area contributed by atoms with E-state index >= 15 is 0 Å². The smallest absolute Gasteiger partial charge is 0.271 e. The van der Waals surface area contributed by atoms with E-state index in [0.717, 1.165) is 14.7 Å². The fraction of sp³-hybridized carbons (Fsp3) is 0.0625. The largest absolute Gasteiger partial charge is 0.354 e. The maximum atomic E-state index is 11.9. The normalized spacial score (nSPS) is 10.6. The van der Waals surface area contributed by atoms with Crippen LogP contribution in [-0.4, -0.2) is 27.7 Å². The molecule has 1 N–H and O–H groups in total. The number of aromatic nitrogens is 3. The van der Waals surface area contributed by atoms with Gasteiger partial charge in [0.2, 0.25) is 0 Å². The van der Waals surface area contributed by atoms with E-state index in [2.05, 4.69) is 31.3 Å². The maximum absolute atomic E-state index is 11.9. The summed E-state index contributed by atoms with van der Waals surface area (Å²) in [6.07, 6.45) is 0. The minimum Gasteiger partial charge on any atom is -0.354 e. The van der Waals surface area contributed by atoms with Crippen LogP contribution in [0.1, 0.15) is 10.5 Å². The first-order chi connectivity index (χ1) is 11.6. The molecule has 2 aromatic heterocycles. The molecule has 8 heteroatoms. The molecule has 0 fully saturated rings. The quantitative estimate of drug-likeness (QED) is 0.639. The second kappa shape index (κ2) is 7.38. The van der Waals surface area contributed by atoms with E-state index < -0.39 is 0 Å². The fourth-order valence-electron chi connectivity index (χ4n) is 2.03. The minimum absolute atomic E-state index is 0.259. The van der Waals surface area contributed by atoms with Crippen molar-refractivity contribution in [3.63, 3.8) is 0 Å². The van der Waals surface area contributed by atoms with Gasteiger partial charge in [-0.2, -0.15) is 5.10 Å². The third kappa shape index (κ3) is 3.63. The van der Waals surface area contributed by atoms with E-state index in [1.807, 2.05) is 36.4 Å². The summed E-state index contributed by atoms with van der Waals surface area (Å²) >= 11 is 11.0. The van der Waals surface area contributed by atoms with Crippen LogP contribution in [0.25, 0.3) is 5.69 Å². The number of halogens is 2. The number of benzene rings is 1. The number of amides is 1. The van der Waals surface area contributed by atoms with E-state index in [1.165, 1.54) is 11.8 Å². The SMILES string of the molecule is CNC(=O)c1cc(Sc2cccc(Br)n2)n(-c2ccccc2Cl)n1. The summed E-state index contributed by atoms with van der Waals surface area (Å²) in [6.45, 7) is 0. The first-order valence-corrected chi connectivity index (χ1v) is 8.94. The van der Waals surface area contributed by atoms with Crippen LogP contribution < -0.4 is 5.32 Å². The fourth-order valence-corrected chi connectivity index (χ4v) is 3.60. The molecule has 1 amide bonds. The molecule has 0 aliphatic rings. The Bertz CT molecular complexity index is 899. The van der Waals surface area contributed by atoms with Crippen molar-refractivity contribution < 1.29 is 4.79 Å². The molecule has 1 aromatic carbocycles. The summed E-state index contributed by atoms with van der Waals surface area (Å²) < 4.78 is 2.39. The van der Waals surface area contributed by atoms with Gasteiger partial charge in [0.25, 0.3) is 5.91 Å². The Kier molecular flexibility index (Phi) is 5.23. The monoisotopic (exact) mass is 422 g/mol. The molecule has 122 valence electrons. The van der Waals surface area contributed by atoms with Gasteiger partial charge in [-0.3, -0.25) is 4.79 Å². The van der Waals surface area contributed by atoms with Gasteiger partial charge in [0, 0.05) is 13.1 Å². The lowest BCUT2D eigenvalue weighted by atomic mass is 10.3. The molecule has 5 nitrogen and oxygen atoms in total. The van der Waals surface area contributed by atoms with Crippen LogP contribution >= 0.6 is 39.3 Å². The molecule has 3 aromatic rings. The zero-order valence-electron chi connectivity index (χ0n) is 12.5. The Labute approximate surface area is 156 Å². The van der Waals surface area contributed by atoms with Gasteiger partial charge in [-0.05, 0) is 52.0 Å². The number of carbonyl (C=O) groups is 1. The molecule has 3 rings (SSSR count). The lowest BCUT2D eigenvalue weighted by Gasteiger charge is -2.08. The number of nitrogens with one attached hydrogen (secondary N) is 1. The second-order valence-electron chi connectivity index (χ2n) is 4.71. The van der Waals surface area contributed by atoms with Crippen LogP contribution in [0.4, 0.5) is 0 Å².